The third-order valence-electron chi connectivity index (χ3n) is 2.60. The van der Waals surface area contributed by atoms with Crippen molar-refractivity contribution in [3.63, 3.8) is 0 Å². The van der Waals surface area contributed by atoms with Gasteiger partial charge in [0.25, 0.3) is 5.88 Å². The zero-order chi connectivity index (χ0) is 14.7. The van der Waals surface area contributed by atoms with Gasteiger partial charge in [0, 0.05) is 17.3 Å². The topological polar surface area (TPSA) is 149 Å². The van der Waals surface area contributed by atoms with Gasteiger partial charge in [-0.3, -0.25) is 14.9 Å². The maximum atomic E-state index is 10.9. The zero-order valence-corrected chi connectivity index (χ0v) is 10.2. The molecule has 0 saturated carbocycles. The Bertz CT molecular complexity index is 518. The van der Waals surface area contributed by atoms with Crippen LogP contribution in [0.15, 0.2) is 6.20 Å². The number of nitrogens with two attached hydrogens (primary N) is 1. The molecular formula is C10H13N3O6. The van der Waals surface area contributed by atoms with E-state index in [0.717, 1.165) is 6.20 Å². The summed E-state index contributed by atoms with van der Waals surface area (Å²) in [7, 11) is 1.21. The summed E-state index contributed by atoms with van der Waals surface area (Å²) in [6.45, 7) is 1.34. The number of aromatic nitrogens is 1. The summed E-state index contributed by atoms with van der Waals surface area (Å²) in [6, 6.07) is 0. The summed E-state index contributed by atoms with van der Waals surface area (Å²) in [5.74, 6) is -1.38. The lowest BCUT2D eigenvalue weighted by Gasteiger charge is -2.17. The average molecular weight is 271 g/mol. The van der Waals surface area contributed by atoms with E-state index in [0.29, 0.717) is 0 Å². The van der Waals surface area contributed by atoms with Crippen molar-refractivity contribution in [2.75, 3.05) is 7.11 Å². The van der Waals surface area contributed by atoms with Gasteiger partial charge < -0.3 is 20.7 Å². The summed E-state index contributed by atoms with van der Waals surface area (Å²) in [4.78, 5) is 24.7. The third-order valence-corrected chi connectivity index (χ3v) is 2.60. The fourth-order valence-corrected chi connectivity index (χ4v) is 1.57. The molecule has 0 bridgehead atoms. The van der Waals surface area contributed by atoms with E-state index in [1.54, 1.807) is 0 Å². The molecule has 0 radical (unpaired) electrons. The van der Waals surface area contributed by atoms with Crippen LogP contribution in [-0.4, -0.2) is 39.2 Å². The smallest absolute Gasteiger partial charge is 0.334 e. The van der Waals surface area contributed by atoms with Crippen LogP contribution in [0.4, 0.5) is 5.69 Å². The second-order valence-electron chi connectivity index (χ2n) is 3.75. The molecule has 4 N–H and O–H groups in total. The van der Waals surface area contributed by atoms with Crippen LogP contribution in [0.5, 0.6) is 5.88 Å². The predicted octanol–water partition coefficient (Wildman–Crippen LogP) is -0.814. The number of pyridine rings is 1. The van der Waals surface area contributed by atoms with Crippen LogP contribution >= 0.6 is 0 Å². The molecule has 1 aromatic rings. The van der Waals surface area contributed by atoms with Crippen molar-refractivity contribution in [1.82, 2.24) is 4.98 Å². The number of carbonyl (C=O) groups is 1. The number of primary amides is 1. The van der Waals surface area contributed by atoms with Gasteiger partial charge in [-0.05, 0) is 6.92 Å². The van der Waals surface area contributed by atoms with Gasteiger partial charge in [-0.25, -0.2) is 4.98 Å². The highest BCUT2D eigenvalue weighted by molar-refractivity contribution is 5.79. The van der Waals surface area contributed by atoms with E-state index in [4.69, 9.17) is 10.5 Å². The summed E-state index contributed by atoms with van der Waals surface area (Å²) in [5, 5.41) is 30.1. The zero-order valence-electron chi connectivity index (χ0n) is 10.2. The second-order valence-corrected chi connectivity index (χ2v) is 3.75. The van der Waals surface area contributed by atoms with E-state index < -0.39 is 28.7 Å². The first-order valence-electron chi connectivity index (χ1n) is 5.14. The van der Waals surface area contributed by atoms with E-state index in [9.17, 15) is 25.1 Å². The lowest BCUT2D eigenvalue weighted by Crippen LogP contribution is -2.34. The standard InChI is InChI=1S/C10H13N3O6/c1-4-5(7(14)8(15)9(11)16)3-12-10(19-2)6(4)13(17)18/h3,7-8,14-15H,1-2H3,(H2,11,16). The first kappa shape index (κ1) is 14.8. The predicted molar refractivity (Wildman–Crippen MR) is 62.3 cm³/mol. The van der Waals surface area contributed by atoms with Crippen LogP contribution < -0.4 is 10.5 Å². The van der Waals surface area contributed by atoms with Crippen LogP contribution in [0.25, 0.3) is 0 Å². The Morgan fingerprint density at radius 2 is 2.16 bits per heavy atom. The normalized spacial score (nSPS) is 13.7. The van der Waals surface area contributed by atoms with E-state index >= 15 is 0 Å². The summed E-state index contributed by atoms with van der Waals surface area (Å²) >= 11 is 0. The van der Waals surface area contributed by atoms with Crippen LogP contribution in [0.2, 0.25) is 0 Å². The van der Waals surface area contributed by atoms with Gasteiger partial charge >= 0.3 is 5.69 Å². The fourth-order valence-electron chi connectivity index (χ4n) is 1.57. The van der Waals surface area contributed by atoms with Crippen molar-refractivity contribution < 1.29 is 24.7 Å². The highest BCUT2D eigenvalue weighted by atomic mass is 16.6. The van der Waals surface area contributed by atoms with Crippen molar-refractivity contribution in [2.45, 2.75) is 19.1 Å². The first-order valence-corrected chi connectivity index (χ1v) is 5.14. The Kier molecular flexibility index (Phi) is 4.35. The largest absolute Gasteiger partial charge is 0.476 e. The Balaban J connectivity index is 3.35. The number of methoxy groups -OCH3 is 1. The minimum atomic E-state index is -1.88. The molecule has 1 aromatic heterocycles. The highest BCUT2D eigenvalue weighted by Gasteiger charge is 2.30. The molecule has 1 rings (SSSR count). The number of aliphatic hydroxyl groups is 2. The van der Waals surface area contributed by atoms with E-state index in [1.165, 1.54) is 14.0 Å². The number of carbonyl (C=O) groups excluding carboxylic acids is 1. The summed E-state index contributed by atoms with van der Waals surface area (Å²) in [6.07, 6.45) is -2.50. The molecule has 9 nitrogen and oxygen atoms in total. The molecular weight excluding hydrogens is 258 g/mol. The van der Waals surface area contributed by atoms with Gasteiger partial charge in [-0.15, -0.1) is 0 Å². The Morgan fingerprint density at radius 1 is 1.58 bits per heavy atom. The molecule has 9 heteroatoms. The van der Waals surface area contributed by atoms with Crippen molar-refractivity contribution in [3.05, 3.63) is 27.4 Å². The number of ether oxygens (including phenoxy) is 1. The number of nitrogens with zero attached hydrogens (tertiary/aromatic N) is 2. The number of nitro groups is 1. The van der Waals surface area contributed by atoms with Crippen LogP contribution in [0.1, 0.15) is 17.2 Å². The summed E-state index contributed by atoms with van der Waals surface area (Å²) in [5.41, 5.74) is 4.36. The molecule has 19 heavy (non-hydrogen) atoms. The molecule has 0 aliphatic carbocycles. The van der Waals surface area contributed by atoms with Crippen LogP contribution in [-0.2, 0) is 4.79 Å². The average Bonchev–Trinajstić information content (AvgIpc) is 2.35. The lowest BCUT2D eigenvalue weighted by atomic mass is 10.00. The lowest BCUT2D eigenvalue weighted by molar-refractivity contribution is -0.386. The van der Waals surface area contributed by atoms with E-state index in [1.807, 2.05) is 0 Å². The molecule has 0 aliphatic rings. The van der Waals surface area contributed by atoms with Gasteiger partial charge in [0.1, 0.15) is 6.10 Å². The minimum Gasteiger partial charge on any atom is -0.476 e. The third kappa shape index (κ3) is 2.77. The highest BCUT2D eigenvalue weighted by Crippen LogP contribution is 2.33. The molecule has 0 aromatic carbocycles. The minimum absolute atomic E-state index is 0.0321. The summed E-state index contributed by atoms with van der Waals surface area (Å²) < 4.78 is 4.74. The molecule has 0 saturated heterocycles. The Labute approximate surface area is 107 Å². The molecule has 0 spiro atoms. The monoisotopic (exact) mass is 271 g/mol. The van der Waals surface area contributed by atoms with Gasteiger partial charge in [-0.1, -0.05) is 0 Å². The molecule has 2 unspecified atom stereocenters. The van der Waals surface area contributed by atoms with Gasteiger partial charge in [0.05, 0.1) is 12.0 Å². The maximum absolute atomic E-state index is 10.9. The number of hydrogen-bond acceptors (Lipinski definition) is 7. The van der Waals surface area contributed by atoms with Crippen LogP contribution in [0, 0.1) is 17.0 Å². The SMILES string of the molecule is COc1ncc(C(O)C(O)C(N)=O)c(C)c1[N+](=O)[O-]. The number of amides is 1. The number of rotatable bonds is 5. The molecule has 1 heterocycles. The van der Waals surface area contributed by atoms with E-state index in [2.05, 4.69) is 4.98 Å². The number of hydrogen-bond donors (Lipinski definition) is 3. The number of aliphatic hydroxyl groups excluding tert-OH is 2. The van der Waals surface area contributed by atoms with Gasteiger partial charge in [0.2, 0.25) is 5.91 Å². The second kappa shape index (κ2) is 5.59. The fraction of sp³-hybridized carbons (Fsp3) is 0.400. The van der Waals surface area contributed by atoms with Gasteiger partial charge in [-0.2, -0.15) is 0 Å². The molecule has 1 amide bonds. The molecule has 0 fully saturated rings. The molecule has 104 valence electrons. The maximum Gasteiger partial charge on any atom is 0.334 e. The van der Waals surface area contributed by atoms with Crippen molar-refractivity contribution in [1.29, 1.82) is 0 Å². The Morgan fingerprint density at radius 3 is 2.58 bits per heavy atom. The van der Waals surface area contributed by atoms with Gasteiger partial charge in [0.15, 0.2) is 6.10 Å². The van der Waals surface area contributed by atoms with Crippen molar-refractivity contribution in [3.8, 4) is 5.88 Å². The first-order chi connectivity index (χ1) is 8.81. The van der Waals surface area contributed by atoms with Crippen molar-refractivity contribution in [2.24, 2.45) is 5.73 Å². The van der Waals surface area contributed by atoms with Crippen molar-refractivity contribution >= 4 is 11.6 Å². The quantitative estimate of drug-likeness (QED) is 0.468. The van der Waals surface area contributed by atoms with Crippen LogP contribution in [0.3, 0.4) is 0 Å². The molecule has 0 aliphatic heterocycles. The Hall–Kier alpha value is -2.26. The van der Waals surface area contributed by atoms with E-state index in [-0.39, 0.29) is 17.0 Å². The molecule has 2 atom stereocenters.